The van der Waals surface area contributed by atoms with E-state index in [4.69, 9.17) is 11.6 Å². The van der Waals surface area contributed by atoms with Crippen LogP contribution in [0, 0.1) is 10.1 Å². The fourth-order valence-corrected chi connectivity index (χ4v) is 3.32. The van der Waals surface area contributed by atoms with Crippen LogP contribution >= 0.6 is 22.9 Å². The van der Waals surface area contributed by atoms with Crippen LogP contribution in [0.4, 0.5) is 11.4 Å². The Morgan fingerprint density at radius 1 is 1.38 bits per heavy atom. The lowest BCUT2D eigenvalue weighted by Crippen LogP contribution is -2.25. The van der Waals surface area contributed by atoms with Crippen molar-refractivity contribution in [3.63, 3.8) is 0 Å². The van der Waals surface area contributed by atoms with Gasteiger partial charge in [-0.25, -0.2) is 0 Å². The van der Waals surface area contributed by atoms with Gasteiger partial charge in [0.1, 0.15) is 0 Å². The lowest BCUT2D eigenvalue weighted by atomic mass is 10.1. The predicted octanol–water partition coefficient (Wildman–Crippen LogP) is 4.56. The number of hydrogen-bond acceptors (Lipinski definition) is 4. The fraction of sp³-hybridized carbons (Fsp3) is 0.333. The zero-order chi connectivity index (χ0) is 14.8. The molecule has 110 valence electrons. The van der Waals surface area contributed by atoms with Crippen LogP contribution in [0.25, 0.3) is 0 Å². The van der Waals surface area contributed by atoms with Gasteiger partial charge in [-0.2, -0.15) is 11.3 Å². The van der Waals surface area contributed by atoms with Gasteiger partial charge in [0.05, 0.1) is 4.92 Å². The number of hydrogen-bond donors (Lipinski definition) is 0. The molecule has 0 bridgehead atoms. The number of nitro benzene ring substituents is 1. The van der Waals surface area contributed by atoms with Crippen LogP contribution in [0.15, 0.2) is 35.0 Å². The number of thiophene rings is 1. The minimum absolute atomic E-state index is 0.0979. The molecule has 0 spiro atoms. The Kier molecular flexibility index (Phi) is 4.12. The molecule has 1 aliphatic rings. The monoisotopic (exact) mass is 322 g/mol. The minimum Gasteiger partial charge on any atom is -0.364 e. The van der Waals surface area contributed by atoms with Crippen LogP contribution < -0.4 is 4.90 Å². The fourth-order valence-electron chi connectivity index (χ4n) is 2.45. The molecule has 0 N–H and O–H groups in total. The molecule has 0 saturated heterocycles. The van der Waals surface area contributed by atoms with Crippen LogP contribution in [-0.4, -0.2) is 11.0 Å². The standard InChI is InChI=1S/C15H15ClN2O2S/c16-8-12-7-14(18(19)20)3-4-15(12)17(13-1-2-13)9-11-5-6-21-10-11/h3-7,10,13H,1-2,8-9H2. The smallest absolute Gasteiger partial charge is 0.269 e. The first-order chi connectivity index (χ1) is 10.2. The van der Waals surface area contributed by atoms with Gasteiger partial charge in [0, 0.05) is 36.3 Å². The van der Waals surface area contributed by atoms with Crippen molar-refractivity contribution in [1.29, 1.82) is 0 Å². The molecule has 1 aromatic heterocycles. The number of benzene rings is 1. The Balaban J connectivity index is 1.93. The second kappa shape index (κ2) is 6.03. The summed E-state index contributed by atoms with van der Waals surface area (Å²) in [5, 5.41) is 15.1. The van der Waals surface area contributed by atoms with Crippen molar-refractivity contribution < 1.29 is 4.92 Å². The summed E-state index contributed by atoms with van der Waals surface area (Å²) in [4.78, 5) is 12.9. The highest BCUT2D eigenvalue weighted by Crippen LogP contribution is 2.37. The van der Waals surface area contributed by atoms with Gasteiger partial charge in [-0.15, -0.1) is 11.6 Å². The molecule has 1 saturated carbocycles. The molecule has 21 heavy (non-hydrogen) atoms. The van der Waals surface area contributed by atoms with E-state index in [-0.39, 0.29) is 16.5 Å². The van der Waals surface area contributed by atoms with Gasteiger partial charge in [-0.1, -0.05) is 0 Å². The number of alkyl halides is 1. The van der Waals surface area contributed by atoms with Crippen molar-refractivity contribution in [3.05, 3.63) is 56.3 Å². The lowest BCUT2D eigenvalue weighted by Gasteiger charge is -2.26. The number of non-ortho nitro benzene ring substituents is 1. The highest BCUT2D eigenvalue weighted by Gasteiger charge is 2.31. The topological polar surface area (TPSA) is 46.4 Å². The van der Waals surface area contributed by atoms with Crippen molar-refractivity contribution in [2.75, 3.05) is 4.90 Å². The average Bonchev–Trinajstić information content (AvgIpc) is 3.21. The number of anilines is 1. The molecule has 0 amide bonds. The summed E-state index contributed by atoms with van der Waals surface area (Å²) in [6, 6.07) is 7.62. The SMILES string of the molecule is O=[N+]([O-])c1ccc(N(Cc2ccsc2)C2CC2)c(CCl)c1. The quantitative estimate of drug-likeness (QED) is 0.445. The van der Waals surface area contributed by atoms with Crippen LogP contribution in [0.5, 0.6) is 0 Å². The summed E-state index contributed by atoms with van der Waals surface area (Å²) in [6.45, 7) is 0.829. The average molecular weight is 323 g/mol. The van der Waals surface area contributed by atoms with E-state index in [0.717, 1.165) is 17.8 Å². The van der Waals surface area contributed by atoms with Crippen molar-refractivity contribution in [2.24, 2.45) is 0 Å². The molecule has 0 unspecified atom stereocenters. The van der Waals surface area contributed by atoms with Crippen LogP contribution in [0.1, 0.15) is 24.0 Å². The maximum Gasteiger partial charge on any atom is 0.269 e. The number of halogens is 1. The van der Waals surface area contributed by atoms with Gasteiger partial charge >= 0.3 is 0 Å². The van der Waals surface area contributed by atoms with E-state index in [1.165, 1.54) is 18.4 Å². The first kappa shape index (κ1) is 14.4. The molecule has 0 aliphatic heterocycles. The Bertz CT molecular complexity index is 641. The second-order valence-electron chi connectivity index (χ2n) is 5.19. The van der Waals surface area contributed by atoms with E-state index in [1.54, 1.807) is 23.5 Å². The molecule has 6 heteroatoms. The number of rotatable bonds is 6. The van der Waals surface area contributed by atoms with Crippen molar-refractivity contribution >= 4 is 34.3 Å². The summed E-state index contributed by atoms with van der Waals surface area (Å²) < 4.78 is 0. The van der Waals surface area contributed by atoms with Gasteiger partial charge in [-0.3, -0.25) is 10.1 Å². The van der Waals surface area contributed by atoms with Crippen molar-refractivity contribution in [1.82, 2.24) is 0 Å². The van der Waals surface area contributed by atoms with Gasteiger partial charge in [0.2, 0.25) is 0 Å². The maximum absolute atomic E-state index is 10.9. The molecule has 2 aromatic rings. The molecule has 1 heterocycles. The lowest BCUT2D eigenvalue weighted by molar-refractivity contribution is -0.384. The van der Waals surface area contributed by atoms with Crippen LogP contribution in [-0.2, 0) is 12.4 Å². The summed E-state index contributed by atoms with van der Waals surface area (Å²) >= 11 is 7.70. The summed E-state index contributed by atoms with van der Waals surface area (Å²) in [5.74, 6) is 0.282. The van der Waals surface area contributed by atoms with Crippen LogP contribution in [0.2, 0.25) is 0 Å². The van der Waals surface area contributed by atoms with E-state index >= 15 is 0 Å². The van der Waals surface area contributed by atoms with Gasteiger partial charge in [0.25, 0.3) is 5.69 Å². The van der Waals surface area contributed by atoms with E-state index in [2.05, 4.69) is 21.7 Å². The molecule has 0 radical (unpaired) electrons. The summed E-state index contributed by atoms with van der Waals surface area (Å²) in [6.07, 6.45) is 2.34. The maximum atomic E-state index is 10.9. The normalized spacial score (nSPS) is 14.1. The van der Waals surface area contributed by atoms with Crippen molar-refractivity contribution in [2.45, 2.75) is 31.3 Å². The minimum atomic E-state index is -0.375. The van der Waals surface area contributed by atoms with E-state index in [9.17, 15) is 10.1 Å². The molecule has 1 aromatic carbocycles. The Morgan fingerprint density at radius 2 is 2.19 bits per heavy atom. The molecule has 3 rings (SSSR count). The van der Waals surface area contributed by atoms with Gasteiger partial charge in [-0.05, 0) is 46.9 Å². The summed E-state index contributed by atoms with van der Waals surface area (Å²) in [7, 11) is 0. The van der Waals surface area contributed by atoms with Gasteiger partial charge in [0.15, 0.2) is 0 Å². The first-order valence-electron chi connectivity index (χ1n) is 6.80. The first-order valence-corrected chi connectivity index (χ1v) is 8.28. The van der Waals surface area contributed by atoms with E-state index < -0.39 is 0 Å². The highest BCUT2D eigenvalue weighted by atomic mass is 35.5. The molecular formula is C15H15ClN2O2S. The Labute approximate surface area is 132 Å². The second-order valence-corrected chi connectivity index (χ2v) is 6.24. The largest absolute Gasteiger partial charge is 0.364 e. The zero-order valence-electron chi connectivity index (χ0n) is 11.4. The zero-order valence-corrected chi connectivity index (χ0v) is 12.9. The molecule has 1 aliphatic carbocycles. The third kappa shape index (κ3) is 3.19. The molecular weight excluding hydrogens is 308 g/mol. The predicted molar refractivity (Wildman–Crippen MR) is 86.2 cm³/mol. The third-order valence-corrected chi connectivity index (χ3v) is 4.67. The Morgan fingerprint density at radius 3 is 2.76 bits per heavy atom. The van der Waals surface area contributed by atoms with Crippen LogP contribution in [0.3, 0.4) is 0 Å². The third-order valence-electron chi connectivity index (χ3n) is 3.65. The van der Waals surface area contributed by atoms with E-state index in [1.807, 2.05) is 6.07 Å². The highest BCUT2D eigenvalue weighted by molar-refractivity contribution is 7.07. The molecule has 1 fully saturated rings. The van der Waals surface area contributed by atoms with Gasteiger partial charge < -0.3 is 4.90 Å². The molecule has 0 atom stereocenters. The van der Waals surface area contributed by atoms with E-state index in [0.29, 0.717) is 6.04 Å². The Hall–Kier alpha value is -1.59. The summed E-state index contributed by atoms with van der Waals surface area (Å²) in [5.41, 5.74) is 3.21. The molecule has 4 nitrogen and oxygen atoms in total. The number of nitro groups is 1. The number of nitrogens with zero attached hydrogens (tertiary/aromatic N) is 2. The van der Waals surface area contributed by atoms with Crippen molar-refractivity contribution in [3.8, 4) is 0 Å².